The Morgan fingerprint density at radius 3 is 0.852 bits per heavy atom. The smallest absolute Gasteiger partial charge is 0.306 e. The van der Waals surface area contributed by atoms with Gasteiger partial charge in [0.1, 0.15) is 13.2 Å². The van der Waals surface area contributed by atoms with Crippen molar-refractivity contribution in [2.24, 2.45) is 5.92 Å². The van der Waals surface area contributed by atoms with Gasteiger partial charge in [-0.05, 0) is 25.2 Å². The topological polar surface area (TPSA) is 78.9 Å². The highest BCUT2D eigenvalue weighted by atomic mass is 16.6. The van der Waals surface area contributed by atoms with E-state index < -0.39 is 6.10 Å². The van der Waals surface area contributed by atoms with Crippen LogP contribution in [0.25, 0.3) is 0 Å². The standard InChI is InChI=1S/C55H106O6/c1-5-8-10-12-14-16-18-19-20-21-22-23-24-26-31-35-39-43-47-54(57)60-50-52(49-59-53(56)46-42-38-34-30-25-17-15-13-11-9-6-2)61-55(58)48-44-40-36-32-28-27-29-33-37-41-45-51(4)7-3/h51-52H,5-50H2,1-4H3/t51?,52-/m1/s1. The summed E-state index contributed by atoms with van der Waals surface area (Å²) in [6, 6.07) is 0. The molecule has 6 nitrogen and oxygen atoms in total. The fraction of sp³-hybridized carbons (Fsp3) is 0.945. The van der Waals surface area contributed by atoms with Crippen LogP contribution >= 0.6 is 0 Å². The predicted molar refractivity (Wildman–Crippen MR) is 261 cm³/mol. The maximum Gasteiger partial charge on any atom is 0.306 e. The lowest BCUT2D eigenvalue weighted by Crippen LogP contribution is -2.30. The third kappa shape index (κ3) is 47.7. The minimum atomic E-state index is -0.761. The first-order chi connectivity index (χ1) is 29.9. The molecule has 6 heteroatoms. The molecule has 0 radical (unpaired) electrons. The largest absolute Gasteiger partial charge is 0.462 e. The zero-order chi connectivity index (χ0) is 44.5. The average molecular weight is 863 g/mol. The van der Waals surface area contributed by atoms with Gasteiger partial charge in [0.2, 0.25) is 0 Å². The molecular formula is C55H106O6. The van der Waals surface area contributed by atoms with E-state index in [1.807, 2.05) is 0 Å². The molecule has 0 N–H and O–H groups in total. The van der Waals surface area contributed by atoms with Crippen LogP contribution in [0.4, 0.5) is 0 Å². The Morgan fingerprint density at radius 1 is 0.328 bits per heavy atom. The lowest BCUT2D eigenvalue weighted by Gasteiger charge is -2.18. The summed E-state index contributed by atoms with van der Waals surface area (Å²) in [7, 11) is 0. The Balaban J connectivity index is 4.27. The Kier molecular flexibility index (Phi) is 48.1. The van der Waals surface area contributed by atoms with Gasteiger partial charge in [-0.15, -0.1) is 0 Å². The minimum absolute atomic E-state index is 0.0625. The Morgan fingerprint density at radius 2 is 0.574 bits per heavy atom. The summed E-state index contributed by atoms with van der Waals surface area (Å²) in [4.78, 5) is 38.0. The number of hydrogen-bond acceptors (Lipinski definition) is 6. The molecule has 0 saturated carbocycles. The van der Waals surface area contributed by atoms with Crippen LogP contribution < -0.4 is 0 Å². The van der Waals surface area contributed by atoms with E-state index in [0.717, 1.165) is 63.7 Å². The third-order valence-electron chi connectivity index (χ3n) is 12.9. The molecule has 0 rings (SSSR count). The van der Waals surface area contributed by atoms with Gasteiger partial charge in [0.05, 0.1) is 0 Å². The fourth-order valence-corrected chi connectivity index (χ4v) is 8.36. The van der Waals surface area contributed by atoms with Crippen LogP contribution in [0.15, 0.2) is 0 Å². The first kappa shape index (κ1) is 59.4. The van der Waals surface area contributed by atoms with Gasteiger partial charge in [0, 0.05) is 19.3 Å². The maximum absolute atomic E-state index is 12.8. The monoisotopic (exact) mass is 863 g/mol. The first-order valence-electron chi connectivity index (χ1n) is 27.4. The Bertz CT molecular complexity index is 920. The number of carbonyl (C=O) groups excluding carboxylic acids is 3. The molecule has 0 aromatic heterocycles. The van der Waals surface area contributed by atoms with Crippen molar-refractivity contribution in [3.05, 3.63) is 0 Å². The molecule has 0 aromatic carbocycles. The fourth-order valence-electron chi connectivity index (χ4n) is 8.36. The molecule has 1 unspecified atom stereocenters. The molecule has 61 heavy (non-hydrogen) atoms. The summed E-state index contributed by atoms with van der Waals surface area (Å²) in [6.07, 6.45) is 52.3. The van der Waals surface area contributed by atoms with Crippen molar-refractivity contribution in [2.75, 3.05) is 13.2 Å². The van der Waals surface area contributed by atoms with Crippen molar-refractivity contribution in [1.29, 1.82) is 0 Å². The van der Waals surface area contributed by atoms with Gasteiger partial charge in [-0.3, -0.25) is 14.4 Å². The number of carbonyl (C=O) groups is 3. The van der Waals surface area contributed by atoms with Crippen LogP contribution in [0.5, 0.6) is 0 Å². The average Bonchev–Trinajstić information content (AvgIpc) is 3.26. The normalized spacial score (nSPS) is 12.4. The molecule has 0 fully saturated rings. The summed E-state index contributed by atoms with van der Waals surface area (Å²) in [5.74, 6) is 0.0257. The minimum Gasteiger partial charge on any atom is -0.462 e. The van der Waals surface area contributed by atoms with E-state index in [1.165, 1.54) is 205 Å². The number of hydrogen-bond donors (Lipinski definition) is 0. The number of rotatable bonds is 50. The Hall–Kier alpha value is -1.59. The van der Waals surface area contributed by atoms with Crippen LogP contribution in [0.1, 0.15) is 310 Å². The number of ether oxygens (including phenoxy) is 3. The van der Waals surface area contributed by atoms with E-state index >= 15 is 0 Å². The summed E-state index contributed by atoms with van der Waals surface area (Å²) >= 11 is 0. The van der Waals surface area contributed by atoms with Crippen molar-refractivity contribution in [2.45, 2.75) is 316 Å². The molecule has 2 atom stereocenters. The molecular weight excluding hydrogens is 757 g/mol. The van der Waals surface area contributed by atoms with E-state index in [9.17, 15) is 14.4 Å². The molecule has 0 aliphatic rings. The Labute approximate surface area is 380 Å². The highest BCUT2D eigenvalue weighted by molar-refractivity contribution is 5.71. The highest BCUT2D eigenvalue weighted by Crippen LogP contribution is 2.18. The van der Waals surface area contributed by atoms with Crippen molar-refractivity contribution >= 4 is 17.9 Å². The molecule has 0 aliphatic carbocycles. The second-order valence-corrected chi connectivity index (χ2v) is 19.1. The van der Waals surface area contributed by atoms with Crippen molar-refractivity contribution in [3.8, 4) is 0 Å². The van der Waals surface area contributed by atoms with E-state index in [2.05, 4.69) is 27.7 Å². The highest BCUT2D eigenvalue weighted by Gasteiger charge is 2.19. The molecule has 0 aliphatic heterocycles. The van der Waals surface area contributed by atoms with Crippen LogP contribution in [0, 0.1) is 5.92 Å². The molecule has 0 saturated heterocycles. The van der Waals surface area contributed by atoms with Gasteiger partial charge >= 0.3 is 17.9 Å². The van der Waals surface area contributed by atoms with E-state index in [-0.39, 0.29) is 31.1 Å². The second kappa shape index (κ2) is 49.4. The van der Waals surface area contributed by atoms with E-state index in [0.29, 0.717) is 19.3 Å². The molecule has 362 valence electrons. The van der Waals surface area contributed by atoms with Crippen LogP contribution in [0.3, 0.4) is 0 Å². The number of unbranched alkanes of at least 4 members (excludes halogenated alkanes) is 36. The molecule has 0 spiro atoms. The van der Waals surface area contributed by atoms with Gasteiger partial charge in [-0.25, -0.2) is 0 Å². The van der Waals surface area contributed by atoms with Gasteiger partial charge in [-0.1, -0.05) is 272 Å². The van der Waals surface area contributed by atoms with Crippen LogP contribution in [0.2, 0.25) is 0 Å². The summed E-state index contributed by atoms with van der Waals surface area (Å²) < 4.78 is 16.8. The predicted octanol–water partition coefficient (Wildman–Crippen LogP) is 17.8. The third-order valence-corrected chi connectivity index (χ3v) is 12.9. The quantitative estimate of drug-likeness (QED) is 0.0344. The first-order valence-corrected chi connectivity index (χ1v) is 27.4. The van der Waals surface area contributed by atoms with Gasteiger partial charge in [0.15, 0.2) is 6.10 Å². The van der Waals surface area contributed by atoms with E-state index in [4.69, 9.17) is 14.2 Å². The van der Waals surface area contributed by atoms with Gasteiger partial charge in [0.25, 0.3) is 0 Å². The SMILES string of the molecule is CCCCCCCCCCCCCCCCCCCCC(=O)OC[C@@H](COC(=O)CCCCCCCCCCCCC)OC(=O)CCCCCCCCCCCCC(C)CC. The molecule has 0 amide bonds. The second-order valence-electron chi connectivity index (χ2n) is 19.1. The van der Waals surface area contributed by atoms with Crippen molar-refractivity contribution in [1.82, 2.24) is 0 Å². The van der Waals surface area contributed by atoms with Crippen LogP contribution in [-0.4, -0.2) is 37.2 Å². The number of esters is 3. The summed E-state index contributed by atoms with van der Waals surface area (Å²) in [6.45, 7) is 9.06. The maximum atomic E-state index is 12.8. The van der Waals surface area contributed by atoms with Crippen LogP contribution in [-0.2, 0) is 28.6 Å². The summed E-state index contributed by atoms with van der Waals surface area (Å²) in [5.41, 5.74) is 0. The zero-order valence-corrected chi connectivity index (χ0v) is 41.6. The van der Waals surface area contributed by atoms with Gasteiger partial charge < -0.3 is 14.2 Å². The zero-order valence-electron chi connectivity index (χ0n) is 41.6. The van der Waals surface area contributed by atoms with Crippen molar-refractivity contribution < 1.29 is 28.6 Å². The van der Waals surface area contributed by atoms with Crippen molar-refractivity contribution in [3.63, 3.8) is 0 Å². The molecule has 0 aromatic rings. The lowest BCUT2D eigenvalue weighted by molar-refractivity contribution is -0.167. The molecule has 0 bridgehead atoms. The van der Waals surface area contributed by atoms with E-state index in [1.54, 1.807) is 0 Å². The van der Waals surface area contributed by atoms with Gasteiger partial charge in [-0.2, -0.15) is 0 Å². The summed E-state index contributed by atoms with van der Waals surface area (Å²) in [5, 5.41) is 0. The molecule has 0 heterocycles. The lowest BCUT2D eigenvalue weighted by atomic mass is 9.99.